The van der Waals surface area contributed by atoms with Gasteiger partial charge in [-0.2, -0.15) is 0 Å². The molecular formula is C15H18N4OS. The minimum Gasteiger partial charge on any atom is -0.326 e. The van der Waals surface area contributed by atoms with E-state index in [9.17, 15) is 4.79 Å². The normalized spacial score (nSPS) is 14.8. The number of fused-ring (bicyclic) bond motifs is 1. The van der Waals surface area contributed by atoms with Crippen molar-refractivity contribution in [1.82, 2.24) is 9.88 Å². The second kappa shape index (κ2) is 5.93. The maximum Gasteiger partial charge on any atom is 0.284 e. The molecule has 0 atom stereocenters. The lowest BCUT2D eigenvalue weighted by molar-refractivity contribution is 0.102. The minimum atomic E-state index is -0.147. The van der Waals surface area contributed by atoms with Gasteiger partial charge in [0.1, 0.15) is 0 Å². The number of anilines is 1. The second-order valence-electron chi connectivity index (χ2n) is 5.24. The van der Waals surface area contributed by atoms with Crippen LogP contribution in [0.15, 0.2) is 24.3 Å². The van der Waals surface area contributed by atoms with Crippen LogP contribution in [0.25, 0.3) is 0 Å². The van der Waals surface area contributed by atoms with Gasteiger partial charge in [-0.15, -0.1) is 11.3 Å². The number of amides is 1. The summed E-state index contributed by atoms with van der Waals surface area (Å²) in [6.07, 6.45) is 0.915. The molecule has 2 heterocycles. The summed E-state index contributed by atoms with van der Waals surface area (Å²) in [5.41, 5.74) is 8.43. The van der Waals surface area contributed by atoms with Gasteiger partial charge in [0.2, 0.25) is 0 Å². The molecule has 5 nitrogen and oxygen atoms in total. The van der Waals surface area contributed by atoms with E-state index in [1.54, 1.807) is 0 Å². The van der Waals surface area contributed by atoms with Crippen molar-refractivity contribution in [2.45, 2.75) is 19.5 Å². The molecule has 0 spiro atoms. The first-order chi connectivity index (χ1) is 10.2. The van der Waals surface area contributed by atoms with E-state index in [4.69, 9.17) is 5.73 Å². The van der Waals surface area contributed by atoms with Crippen molar-refractivity contribution in [2.24, 2.45) is 5.73 Å². The van der Waals surface area contributed by atoms with Crippen LogP contribution in [0.2, 0.25) is 0 Å². The van der Waals surface area contributed by atoms with Gasteiger partial charge in [0, 0.05) is 36.6 Å². The maximum atomic E-state index is 12.3. The van der Waals surface area contributed by atoms with Crippen molar-refractivity contribution >= 4 is 22.9 Å². The van der Waals surface area contributed by atoms with Gasteiger partial charge in [-0.25, -0.2) is 4.98 Å². The first kappa shape index (κ1) is 14.2. The van der Waals surface area contributed by atoms with E-state index >= 15 is 0 Å². The molecule has 0 saturated carbocycles. The number of nitrogens with two attached hydrogens (primary N) is 1. The van der Waals surface area contributed by atoms with Crippen LogP contribution in [0.5, 0.6) is 0 Å². The van der Waals surface area contributed by atoms with Gasteiger partial charge in [0.25, 0.3) is 5.91 Å². The summed E-state index contributed by atoms with van der Waals surface area (Å²) in [5, 5.41) is 3.43. The molecule has 2 aromatic rings. The molecule has 21 heavy (non-hydrogen) atoms. The molecule has 6 heteroatoms. The number of hydrogen-bond acceptors (Lipinski definition) is 5. The number of nitrogens with one attached hydrogen (secondary N) is 1. The van der Waals surface area contributed by atoms with Crippen LogP contribution in [0.1, 0.15) is 25.9 Å². The average molecular weight is 302 g/mol. The molecule has 1 aliphatic heterocycles. The Morgan fingerprint density at radius 3 is 3.19 bits per heavy atom. The molecule has 0 radical (unpaired) electrons. The molecule has 3 rings (SSSR count). The van der Waals surface area contributed by atoms with Crippen molar-refractivity contribution in [2.75, 3.05) is 18.9 Å². The van der Waals surface area contributed by atoms with Gasteiger partial charge in [0.15, 0.2) is 5.01 Å². The molecule has 110 valence electrons. The fourth-order valence-corrected chi connectivity index (χ4v) is 3.46. The average Bonchev–Trinajstić information content (AvgIpc) is 2.90. The van der Waals surface area contributed by atoms with Gasteiger partial charge in [-0.1, -0.05) is 12.1 Å². The molecule has 1 amide bonds. The quantitative estimate of drug-likeness (QED) is 0.907. The fourth-order valence-electron chi connectivity index (χ4n) is 2.38. The van der Waals surface area contributed by atoms with E-state index in [2.05, 4.69) is 22.2 Å². The Morgan fingerprint density at radius 2 is 2.38 bits per heavy atom. The van der Waals surface area contributed by atoms with Crippen molar-refractivity contribution in [3.05, 3.63) is 45.4 Å². The minimum absolute atomic E-state index is 0.147. The van der Waals surface area contributed by atoms with E-state index in [-0.39, 0.29) is 5.91 Å². The van der Waals surface area contributed by atoms with Gasteiger partial charge in [-0.3, -0.25) is 4.79 Å². The van der Waals surface area contributed by atoms with Crippen molar-refractivity contribution in [3.8, 4) is 0 Å². The smallest absolute Gasteiger partial charge is 0.284 e. The molecule has 1 aromatic heterocycles. The zero-order chi connectivity index (χ0) is 14.8. The highest BCUT2D eigenvalue weighted by Gasteiger charge is 2.21. The van der Waals surface area contributed by atoms with E-state index in [1.165, 1.54) is 16.2 Å². The zero-order valence-electron chi connectivity index (χ0n) is 11.9. The van der Waals surface area contributed by atoms with E-state index in [0.717, 1.165) is 36.5 Å². The topological polar surface area (TPSA) is 71.2 Å². The molecule has 1 aliphatic rings. The summed E-state index contributed by atoms with van der Waals surface area (Å²) in [6.45, 7) is 2.33. The highest BCUT2D eigenvalue weighted by molar-refractivity contribution is 7.13. The summed E-state index contributed by atoms with van der Waals surface area (Å²) in [7, 11) is 2.08. The Labute approximate surface area is 127 Å². The molecule has 0 fully saturated rings. The van der Waals surface area contributed by atoms with Crippen LogP contribution in [0, 0.1) is 0 Å². The predicted molar refractivity (Wildman–Crippen MR) is 84.4 cm³/mol. The molecule has 3 N–H and O–H groups in total. The van der Waals surface area contributed by atoms with Crippen LogP contribution < -0.4 is 11.1 Å². The summed E-state index contributed by atoms with van der Waals surface area (Å²) in [5.74, 6) is -0.147. The van der Waals surface area contributed by atoms with Crippen LogP contribution in [0.4, 0.5) is 5.69 Å². The van der Waals surface area contributed by atoms with E-state index in [1.807, 2.05) is 24.3 Å². The monoisotopic (exact) mass is 302 g/mol. The molecular weight excluding hydrogens is 284 g/mol. The Kier molecular flexibility index (Phi) is 4.01. The Bertz CT molecular complexity index is 667. The predicted octanol–water partition coefficient (Wildman–Crippen LogP) is 1.84. The number of nitrogens with zero attached hydrogens (tertiary/aromatic N) is 2. The van der Waals surface area contributed by atoms with Gasteiger partial charge in [0.05, 0.1) is 5.69 Å². The number of benzene rings is 1. The standard InChI is InChI=1S/C15H18N4OS/c1-19-6-5-12-13(9-19)21-15(18-12)14(20)17-11-4-2-3-10(7-11)8-16/h2-4,7H,5-6,8-9,16H2,1H3,(H,17,20). The van der Waals surface area contributed by atoms with Crippen LogP contribution in [-0.4, -0.2) is 29.4 Å². The number of aromatic nitrogens is 1. The third-order valence-corrected chi connectivity index (χ3v) is 4.62. The SMILES string of the molecule is CN1CCc2nc(C(=O)Nc3cccc(CN)c3)sc2C1. The Morgan fingerprint density at radius 1 is 1.52 bits per heavy atom. The largest absolute Gasteiger partial charge is 0.326 e. The third-order valence-electron chi connectivity index (χ3n) is 3.54. The molecule has 0 bridgehead atoms. The van der Waals surface area contributed by atoms with Gasteiger partial charge < -0.3 is 16.0 Å². The highest BCUT2D eigenvalue weighted by Crippen LogP contribution is 2.25. The third kappa shape index (κ3) is 3.12. The lowest BCUT2D eigenvalue weighted by Gasteiger charge is -2.20. The Balaban J connectivity index is 1.76. The summed E-state index contributed by atoms with van der Waals surface area (Å²) >= 11 is 1.49. The van der Waals surface area contributed by atoms with Crippen LogP contribution in [-0.2, 0) is 19.5 Å². The Hall–Kier alpha value is -1.76. The fraction of sp³-hybridized carbons (Fsp3) is 0.333. The number of carbonyl (C=O) groups is 1. The summed E-state index contributed by atoms with van der Waals surface area (Å²) in [4.78, 5) is 20.2. The number of carbonyl (C=O) groups excluding carboxylic acids is 1. The van der Waals surface area contributed by atoms with Crippen molar-refractivity contribution in [3.63, 3.8) is 0 Å². The number of rotatable bonds is 3. The zero-order valence-corrected chi connectivity index (χ0v) is 12.7. The van der Waals surface area contributed by atoms with E-state index in [0.29, 0.717) is 11.6 Å². The van der Waals surface area contributed by atoms with Crippen molar-refractivity contribution < 1.29 is 4.79 Å². The maximum absolute atomic E-state index is 12.3. The number of hydrogen-bond donors (Lipinski definition) is 2. The van der Waals surface area contributed by atoms with Crippen molar-refractivity contribution in [1.29, 1.82) is 0 Å². The molecule has 0 unspecified atom stereocenters. The summed E-state index contributed by atoms with van der Waals surface area (Å²) < 4.78 is 0. The second-order valence-corrected chi connectivity index (χ2v) is 6.32. The first-order valence-electron chi connectivity index (χ1n) is 6.93. The van der Waals surface area contributed by atoms with Gasteiger partial charge in [-0.05, 0) is 24.7 Å². The summed E-state index contributed by atoms with van der Waals surface area (Å²) in [6, 6.07) is 7.57. The lowest BCUT2D eigenvalue weighted by atomic mass is 10.2. The first-order valence-corrected chi connectivity index (χ1v) is 7.75. The lowest BCUT2D eigenvalue weighted by Crippen LogP contribution is -2.25. The van der Waals surface area contributed by atoms with Gasteiger partial charge >= 0.3 is 0 Å². The number of likely N-dealkylation sites (N-methyl/N-ethyl adjacent to an activating group) is 1. The highest BCUT2D eigenvalue weighted by atomic mass is 32.1. The van der Waals surface area contributed by atoms with Crippen LogP contribution in [0.3, 0.4) is 0 Å². The van der Waals surface area contributed by atoms with Crippen LogP contribution >= 0.6 is 11.3 Å². The van der Waals surface area contributed by atoms with E-state index < -0.39 is 0 Å². The molecule has 0 aliphatic carbocycles. The molecule has 0 saturated heterocycles. The number of thiazole rings is 1. The molecule has 1 aromatic carbocycles.